The number of aromatic nitrogens is 2. The highest BCUT2D eigenvalue weighted by Crippen LogP contribution is 2.09. The molecule has 98 valence electrons. The first kappa shape index (κ1) is 13.2. The zero-order valence-corrected chi connectivity index (χ0v) is 11.3. The third kappa shape index (κ3) is 2.78. The van der Waals surface area contributed by atoms with Gasteiger partial charge in [-0.05, 0) is 26.3 Å². The minimum Gasteiger partial charge on any atom is -0.292 e. The van der Waals surface area contributed by atoms with Crippen LogP contribution in [0.1, 0.15) is 27.4 Å². The van der Waals surface area contributed by atoms with E-state index in [4.69, 9.17) is 0 Å². The lowest BCUT2D eigenvalue weighted by Gasteiger charge is -2.10. The first-order chi connectivity index (χ1) is 8.99. The number of Topliss-reactive ketones (excluding diaryl/α,β-unsaturated/α-hetero) is 1. The number of carbonyl (C=O) groups is 1. The second kappa shape index (κ2) is 5.18. The highest BCUT2D eigenvalue weighted by molar-refractivity contribution is 5.97. The van der Waals surface area contributed by atoms with Crippen molar-refractivity contribution in [2.24, 2.45) is 0 Å². The van der Waals surface area contributed by atoms with Crippen LogP contribution in [0.4, 0.5) is 0 Å². The Morgan fingerprint density at radius 2 is 1.89 bits per heavy atom. The predicted octanol–water partition coefficient (Wildman–Crippen LogP) is 2.05. The van der Waals surface area contributed by atoms with Crippen LogP contribution in [0.5, 0.6) is 0 Å². The van der Waals surface area contributed by atoms with E-state index in [0.29, 0.717) is 17.1 Å². The fourth-order valence-electron chi connectivity index (χ4n) is 2.07. The lowest BCUT2D eigenvalue weighted by atomic mass is 10.0. The Morgan fingerprint density at radius 1 is 1.21 bits per heavy atom. The van der Waals surface area contributed by atoms with Crippen molar-refractivity contribution in [3.8, 4) is 0 Å². The molecule has 0 radical (unpaired) electrons. The summed E-state index contributed by atoms with van der Waals surface area (Å²) in [6.45, 7) is 5.42. The van der Waals surface area contributed by atoms with Gasteiger partial charge in [-0.25, -0.2) is 4.98 Å². The molecule has 0 aliphatic carbocycles. The van der Waals surface area contributed by atoms with Gasteiger partial charge in [0.1, 0.15) is 5.82 Å². The summed E-state index contributed by atoms with van der Waals surface area (Å²) in [5.41, 5.74) is 2.04. The molecule has 0 bridgehead atoms. The molecule has 2 rings (SSSR count). The molecule has 0 saturated carbocycles. The molecule has 4 heteroatoms. The second-order valence-corrected chi connectivity index (χ2v) is 4.61. The van der Waals surface area contributed by atoms with E-state index in [2.05, 4.69) is 4.98 Å². The fourth-order valence-corrected chi connectivity index (χ4v) is 2.07. The van der Waals surface area contributed by atoms with E-state index in [1.54, 1.807) is 19.9 Å². The standard InChI is InChI=1S/C15H16N2O2/c1-10-6-4-5-7-13(10)14(18)9-17-12(3)16-11(2)8-15(17)19/h4-8H,9H2,1-3H3. The van der Waals surface area contributed by atoms with E-state index in [9.17, 15) is 9.59 Å². The molecule has 0 aliphatic rings. The molecule has 2 aromatic rings. The Hall–Kier alpha value is -2.23. The molecule has 1 aromatic heterocycles. The van der Waals surface area contributed by atoms with Gasteiger partial charge in [-0.1, -0.05) is 24.3 Å². The Kier molecular flexibility index (Phi) is 3.60. The monoisotopic (exact) mass is 256 g/mol. The van der Waals surface area contributed by atoms with Crippen molar-refractivity contribution in [2.45, 2.75) is 27.3 Å². The Morgan fingerprint density at radius 3 is 2.53 bits per heavy atom. The van der Waals surface area contributed by atoms with E-state index < -0.39 is 0 Å². The minimum atomic E-state index is -0.188. The Balaban J connectivity index is 2.35. The van der Waals surface area contributed by atoms with Gasteiger partial charge in [0.15, 0.2) is 5.78 Å². The number of benzene rings is 1. The zero-order valence-electron chi connectivity index (χ0n) is 11.3. The van der Waals surface area contributed by atoms with Crippen molar-refractivity contribution >= 4 is 5.78 Å². The van der Waals surface area contributed by atoms with Crippen LogP contribution in [0, 0.1) is 20.8 Å². The smallest absolute Gasteiger partial charge is 0.254 e. The number of ketones is 1. The second-order valence-electron chi connectivity index (χ2n) is 4.61. The summed E-state index contributed by atoms with van der Waals surface area (Å²) >= 11 is 0. The molecule has 1 aromatic carbocycles. The number of rotatable bonds is 3. The number of carbonyl (C=O) groups excluding carboxylic acids is 1. The molecule has 0 amide bonds. The molecule has 1 heterocycles. The van der Waals surface area contributed by atoms with Crippen molar-refractivity contribution in [1.82, 2.24) is 9.55 Å². The number of hydrogen-bond acceptors (Lipinski definition) is 3. The summed E-state index contributed by atoms with van der Waals surface area (Å²) in [5, 5.41) is 0. The predicted molar refractivity (Wildman–Crippen MR) is 73.5 cm³/mol. The summed E-state index contributed by atoms with van der Waals surface area (Å²) in [6, 6.07) is 8.81. The summed E-state index contributed by atoms with van der Waals surface area (Å²) < 4.78 is 1.40. The van der Waals surface area contributed by atoms with Crippen LogP contribution >= 0.6 is 0 Å². The molecular weight excluding hydrogens is 240 g/mol. The Bertz CT molecular complexity index is 687. The maximum atomic E-state index is 12.2. The van der Waals surface area contributed by atoms with Gasteiger partial charge in [0, 0.05) is 17.3 Å². The largest absolute Gasteiger partial charge is 0.292 e. The molecule has 4 nitrogen and oxygen atoms in total. The lowest BCUT2D eigenvalue weighted by Crippen LogP contribution is -2.27. The molecule has 0 atom stereocenters. The van der Waals surface area contributed by atoms with Crippen LogP contribution in [0.3, 0.4) is 0 Å². The van der Waals surface area contributed by atoms with Crippen LogP contribution in [-0.4, -0.2) is 15.3 Å². The van der Waals surface area contributed by atoms with Crippen molar-refractivity contribution in [2.75, 3.05) is 0 Å². The zero-order chi connectivity index (χ0) is 14.0. The van der Waals surface area contributed by atoms with Crippen LogP contribution in [0.25, 0.3) is 0 Å². The van der Waals surface area contributed by atoms with Crippen molar-refractivity contribution in [3.63, 3.8) is 0 Å². The van der Waals surface area contributed by atoms with E-state index in [1.165, 1.54) is 10.6 Å². The van der Waals surface area contributed by atoms with Gasteiger partial charge in [0.05, 0.1) is 6.54 Å². The molecular formula is C15H16N2O2. The van der Waals surface area contributed by atoms with Gasteiger partial charge >= 0.3 is 0 Å². The molecule has 0 saturated heterocycles. The summed E-state index contributed by atoms with van der Waals surface area (Å²) in [5.74, 6) is 0.487. The van der Waals surface area contributed by atoms with E-state index in [0.717, 1.165) is 5.56 Å². The highest BCUT2D eigenvalue weighted by atomic mass is 16.1. The van der Waals surface area contributed by atoms with Gasteiger partial charge in [0.25, 0.3) is 5.56 Å². The fraction of sp³-hybridized carbons (Fsp3) is 0.267. The van der Waals surface area contributed by atoms with Gasteiger partial charge in [-0.2, -0.15) is 0 Å². The average Bonchev–Trinajstić information content (AvgIpc) is 2.34. The molecule has 0 spiro atoms. The Labute approximate surface area is 111 Å². The van der Waals surface area contributed by atoms with Gasteiger partial charge in [0.2, 0.25) is 0 Å². The first-order valence-corrected chi connectivity index (χ1v) is 6.13. The van der Waals surface area contributed by atoms with Crippen LogP contribution in [0.2, 0.25) is 0 Å². The van der Waals surface area contributed by atoms with E-state index >= 15 is 0 Å². The maximum absolute atomic E-state index is 12.2. The van der Waals surface area contributed by atoms with Crippen molar-refractivity contribution in [3.05, 3.63) is 63.3 Å². The van der Waals surface area contributed by atoms with Crippen LogP contribution in [0.15, 0.2) is 35.1 Å². The summed E-state index contributed by atoms with van der Waals surface area (Å²) in [6.07, 6.45) is 0. The average molecular weight is 256 g/mol. The number of hydrogen-bond donors (Lipinski definition) is 0. The normalized spacial score (nSPS) is 10.5. The van der Waals surface area contributed by atoms with Crippen LogP contribution in [-0.2, 0) is 6.54 Å². The van der Waals surface area contributed by atoms with Crippen LogP contribution < -0.4 is 5.56 Å². The third-order valence-electron chi connectivity index (χ3n) is 3.07. The van der Waals surface area contributed by atoms with Gasteiger partial charge in [-0.3, -0.25) is 14.2 Å². The molecule has 0 fully saturated rings. The topological polar surface area (TPSA) is 52.0 Å². The van der Waals surface area contributed by atoms with Crippen molar-refractivity contribution < 1.29 is 4.79 Å². The molecule has 0 aliphatic heterocycles. The van der Waals surface area contributed by atoms with Gasteiger partial charge < -0.3 is 0 Å². The quantitative estimate of drug-likeness (QED) is 0.790. The number of nitrogens with zero attached hydrogens (tertiary/aromatic N) is 2. The maximum Gasteiger partial charge on any atom is 0.254 e. The van der Waals surface area contributed by atoms with Crippen molar-refractivity contribution in [1.29, 1.82) is 0 Å². The van der Waals surface area contributed by atoms with E-state index in [-0.39, 0.29) is 17.9 Å². The van der Waals surface area contributed by atoms with E-state index in [1.807, 2.05) is 25.1 Å². The minimum absolute atomic E-state index is 0.0306. The summed E-state index contributed by atoms with van der Waals surface area (Å²) in [4.78, 5) is 28.3. The third-order valence-corrected chi connectivity index (χ3v) is 3.07. The molecule has 19 heavy (non-hydrogen) atoms. The first-order valence-electron chi connectivity index (χ1n) is 6.13. The van der Waals surface area contributed by atoms with Gasteiger partial charge in [-0.15, -0.1) is 0 Å². The SMILES string of the molecule is Cc1cc(=O)n(CC(=O)c2ccccc2C)c(C)n1. The number of aryl methyl sites for hydroxylation is 3. The summed E-state index contributed by atoms with van der Waals surface area (Å²) in [7, 11) is 0. The highest BCUT2D eigenvalue weighted by Gasteiger charge is 2.12. The lowest BCUT2D eigenvalue weighted by molar-refractivity contribution is 0.0969. The molecule has 0 unspecified atom stereocenters. The molecule has 0 N–H and O–H groups in total.